The highest BCUT2D eigenvalue weighted by atomic mass is 32.2. The summed E-state index contributed by atoms with van der Waals surface area (Å²) in [6.07, 6.45) is 0. The fourth-order valence-corrected chi connectivity index (χ4v) is 8.68. The average molecular weight is 713 g/mol. The van der Waals surface area contributed by atoms with E-state index in [2.05, 4.69) is 106 Å². The second kappa shape index (κ2) is 14.9. The van der Waals surface area contributed by atoms with Crippen LogP contribution in [0.4, 0.5) is 0 Å². The third-order valence-electron chi connectivity index (χ3n) is 7.05. The summed E-state index contributed by atoms with van der Waals surface area (Å²) in [4.78, 5) is 3.35. The van der Waals surface area contributed by atoms with Crippen LogP contribution in [0.1, 0.15) is 26.3 Å². The maximum absolute atomic E-state index is 12.5. The smallest absolute Gasteiger partial charge is 0.339 e. The van der Waals surface area contributed by atoms with Crippen LogP contribution in [-0.2, 0) is 31.1 Å². The van der Waals surface area contributed by atoms with E-state index in [0.29, 0.717) is 5.39 Å². The van der Waals surface area contributed by atoms with Gasteiger partial charge in [0.15, 0.2) is 20.4 Å². The Hall–Kier alpha value is -4.61. The van der Waals surface area contributed by atoms with E-state index < -0.39 is 25.1 Å². The topological polar surface area (TPSA) is 110 Å². The molecule has 0 spiro atoms. The monoisotopic (exact) mass is 712 g/mol. The summed E-state index contributed by atoms with van der Waals surface area (Å²) in [7, 11) is -9.08. The second-order valence-corrected chi connectivity index (χ2v) is 17.0. The van der Waals surface area contributed by atoms with Crippen LogP contribution in [0.15, 0.2) is 170 Å². The van der Waals surface area contributed by atoms with E-state index in [1.54, 1.807) is 24.3 Å². The van der Waals surface area contributed by atoms with Crippen LogP contribution in [0, 0.1) is 6.92 Å². The Kier molecular flexibility index (Phi) is 10.8. The Morgan fingerprint density at radius 1 is 0.592 bits per heavy atom. The molecule has 10 heteroatoms. The molecule has 0 bridgehead atoms. The van der Waals surface area contributed by atoms with Gasteiger partial charge in [-0.15, -0.1) is 0 Å². The molecular formula is C39H36O7S3. The molecule has 252 valence electrons. The molecule has 49 heavy (non-hydrogen) atoms. The molecule has 0 heterocycles. The van der Waals surface area contributed by atoms with Crippen molar-refractivity contribution in [2.45, 2.75) is 57.8 Å². The average Bonchev–Trinajstić information content (AvgIpc) is 3.06. The Labute approximate surface area is 291 Å². The van der Waals surface area contributed by atoms with Gasteiger partial charge in [-0.2, -0.15) is 8.42 Å². The van der Waals surface area contributed by atoms with Gasteiger partial charge < -0.3 is 13.5 Å². The Morgan fingerprint density at radius 2 is 1.10 bits per heavy atom. The minimum absolute atomic E-state index is 0.0595. The molecule has 0 saturated carbocycles. The molecule has 6 aromatic carbocycles. The minimum Gasteiger partial charge on any atom is -0.744 e. The van der Waals surface area contributed by atoms with Gasteiger partial charge in [-0.1, -0.05) is 78.4 Å². The fraction of sp³-hybridized carbons (Fsp3) is 0.128. The molecule has 6 aromatic rings. The standard InChI is InChI=1S/C22H23OS.C17H14O6S2/c1-22(2,3)23-18-14-16-21(17-15-18)24(19-10-6-4-7-11-19)20-12-8-5-9-13-20;1-12-8-10-14(11-9-12)25(21,22)23-15-6-2-4-13-5-3-7-16(17(13)15)24(18,19)20/h4-17H,1-3H3;2-11H,1H3,(H,18,19,20)/q+1;/p-1. The van der Waals surface area contributed by atoms with Crippen LogP contribution in [0.5, 0.6) is 11.5 Å². The quantitative estimate of drug-likeness (QED) is 0.0882. The molecule has 0 radical (unpaired) electrons. The predicted molar refractivity (Wildman–Crippen MR) is 193 cm³/mol. The van der Waals surface area contributed by atoms with Crippen LogP contribution >= 0.6 is 0 Å². The van der Waals surface area contributed by atoms with Crippen LogP contribution in [0.3, 0.4) is 0 Å². The van der Waals surface area contributed by atoms with Crippen molar-refractivity contribution in [1.82, 2.24) is 0 Å². The molecular weight excluding hydrogens is 677 g/mol. The van der Waals surface area contributed by atoms with Gasteiger partial charge in [-0.25, -0.2) is 8.42 Å². The van der Waals surface area contributed by atoms with Gasteiger partial charge in [0.2, 0.25) is 0 Å². The van der Waals surface area contributed by atoms with Crippen LogP contribution in [0.25, 0.3) is 10.8 Å². The molecule has 0 aromatic heterocycles. The van der Waals surface area contributed by atoms with Crippen molar-refractivity contribution >= 4 is 41.9 Å². The van der Waals surface area contributed by atoms with E-state index in [1.807, 2.05) is 6.92 Å². The minimum atomic E-state index is -4.80. The molecule has 0 N–H and O–H groups in total. The van der Waals surface area contributed by atoms with E-state index in [0.717, 1.165) is 17.4 Å². The number of benzene rings is 6. The highest BCUT2D eigenvalue weighted by molar-refractivity contribution is 7.97. The summed E-state index contributed by atoms with van der Waals surface area (Å²) in [5.74, 6) is 0.698. The predicted octanol–water partition coefficient (Wildman–Crippen LogP) is 8.78. The first kappa shape index (κ1) is 35.7. The molecule has 0 saturated heterocycles. The van der Waals surface area contributed by atoms with Crippen molar-refractivity contribution in [2.24, 2.45) is 0 Å². The zero-order valence-corrected chi connectivity index (χ0v) is 29.9. The first-order valence-electron chi connectivity index (χ1n) is 15.3. The normalized spacial score (nSPS) is 11.9. The Morgan fingerprint density at radius 3 is 1.61 bits per heavy atom. The van der Waals surface area contributed by atoms with Gasteiger partial charge >= 0.3 is 10.1 Å². The van der Waals surface area contributed by atoms with Crippen LogP contribution in [0.2, 0.25) is 0 Å². The fourth-order valence-electron chi connectivity index (χ4n) is 4.94. The lowest BCUT2D eigenvalue weighted by atomic mass is 10.1. The molecule has 0 aliphatic carbocycles. The molecule has 6 rings (SSSR count). The molecule has 0 atom stereocenters. The van der Waals surface area contributed by atoms with E-state index >= 15 is 0 Å². The van der Waals surface area contributed by atoms with Crippen LogP contribution < -0.4 is 8.92 Å². The second-order valence-electron chi connectivity index (χ2n) is 12.0. The number of hydrogen-bond acceptors (Lipinski definition) is 7. The van der Waals surface area contributed by atoms with Gasteiger partial charge in [-0.05, 0) is 106 Å². The summed E-state index contributed by atoms with van der Waals surface area (Å²) in [5.41, 5.74) is 0.700. The summed E-state index contributed by atoms with van der Waals surface area (Å²) in [6.45, 7) is 8.02. The van der Waals surface area contributed by atoms with E-state index in [1.165, 1.54) is 45.0 Å². The number of aryl methyl sites for hydroxylation is 1. The van der Waals surface area contributed by atoms with Crippen molar-refractivity contribution < 1.29 is 30.3 Å². The highest BCUT2D eigenvalue weighted by Crippen LogP contribution is 2.34. The molecule has 0 unspecified atom stereocenters. The zero-order valence-electron chi connectivity index (χ0n) is 27.4. The molecule has 7 nitrogen and oxygen atoms in total. The van der Waals surface area contributed by atoms with Crippen molar-refractivity contribution in [1.29, 1.82) is 0 Å². The number of ether oxygens (including phenoxy) is 1. The summed E-state index contributed by atoms with van der Waals surface area (Å²) < 4.78 is 70.6. The van der Waals surface area contributed by atoms with Gasteiger partial charge in [0, 0.05) is 5.39 Å². The lowest BCUT2D eigenvalue weighted by Gasteiger charge is -2.21. The number of fused-ring (bicyclic) bond motifs is 1. The summed E-state index contributed by atoms with van der Waals surface area (Å²) in [6, 6.07) is 44.4. The third-order valence-corrected chi connectivity index (χ3v) is 11.4. The molecule has 0 fully saturated rings. The number of hydrogen-bond donors (Lipinski definition) is 0. The van der Waals surface area contributed by atoms with Crippen LogP contribution in [-0.4, -0.2) is 27.0 Å². The Bertz CT molecular complexity index is 2190. The lowest BCUT2D eigenvalue weighted by molar-refractivity contribution is 0.131. The first-order valence-corrected chi connectivity index (χ1v) is 19.4. The van der Waals surface area contributed by atoms with Crippen molar-refractivity contribution in [3.63, 3.8) is 0 Å². The van der Waals surface area contributed by atoms with Gasteiger partial charge in [0.25, 0.3) is 0 Å². The maximum Gasteiger partial charge on any atom is 0.339 e. The zero-order chi connectivity index (χ0) is 35.2. The number of rotatable bonds is 8. The van der Waals surface area contributed by atoms with Gasteiger partial charge in [0.05, 0.1) is 15.8 Å². The lowest BCUT2D eigenvalue weighted by Crippen LogP contribution is -2.22. The van der Waals surface area contributed by atoms with E-state index in [-0.39, 0.29) is 32.5 Å². The van der Waals surface area contributed by atoms with Crippen molar-refractivity contribution in [3.8, 4) is 11.5 Å². The first-order chi connectivity index (χ1) is 23.2. The SMILES string of the molecule is CC(C)(C)Oc1ccc([S+](c2ccccc2)c2ccccc2)cc1.Cc1ccc(S(=O)(=O)Oc2cccc3cccc(S(=O)(=O)[O-])c23)cc1. The summed E-state index contributed by atoms with van der Waals surface area (Å²) >= 11 is 0. The maximum atomic E-state index is 12.5. The van der Waals surface area contributed by atoms with Crippen molar-refractivity contribution in [2.75, 3.05) is 0 Å². The third kappa shape index (κ3) is 9.30. The van der Waals surface area contributed by atoms with Gasteiger partial charge in [0.1, 0.15) is 26.4 Å². The highest BCUT2D eigenvalue weighted by Gasteiger charge is 2.28. The Balaban J connectivity index is 0.000000191. The van der Waals surface area contributed by atoms with Crippen molar-refractivity contribution in [3.05, 3.63) is 151 Å². The van der Waals surface area contributed by atoms with E-state index in [9.17, 15) is 21.4 Å². The summed E-state index contributed by atoms with van der Waals surface area (Å²) in [5, 5.41) is 0.323. The largest absolute Gasteiger partial charge is 0.744 e. The molecule has 0 aliphatic rings. The molecule has 0 aliphatic heterocycles. The van der Waals surface area contributed by atoms with Gasteiger partial charge in [-0.3, -0.25) is 0 Å². The van der Waals surface area contributed by atoms with E-state index in [4.69, 9.17) is 8.92 Å². The molecule has 0 amide bonds.